The Balaban J connectivity index is 1.53. The van der Waals surface area contributed by atoms with Crippen LogP contribution in [0.15, 0.2) is 36.7 Å². The SMILES string of the molecule is CC1CCc2c(sc3ncnc(NNC(=O)Nc4ccccc4)c23)C1. The third-order valence-electron chi connectivity index (χ3n) is 4.42. The molecule has 0 radical (unpaired) electrons. The zero-order valence-corrected chi connectivity index (χ0v) is 14.7. The highest BCUT2D eigenvalue weighted by atomic mass is 32.1. The van der Waals surface area contributed by atoms with E-state index in [1.165, 1.54) is 23.2 Å². The minimum Gasteiger partial charge on any atom is -0.307 e. The van der Waals surface area contributed by atoms with Gasteiger partial charge >= 0.3 is 6.03 Å². The summed E-state index contributed by atoms with van der Waals surface area (Å²) in [5.74, 6) is 1.36. The van der Waals surface area contributed by atoms with Crippen molar-refractivity contribution in [2.24, 2.45) is 5.92 Å². The number of para-hydroxylation sites is 1. The maximum absolute atomic E-state index is 12.1. The first-order valence-electron chi connectivity index (χ1n) is 8.34. The molecular weight excluding hydrogens is 334 g/mol. The van der Waals surface area contributed by atoms with Crippen molar-refractivity contribution in [3.63, 3.8) is 0 Å². The quantitative estimate of drug-likeness (QED) is 0.623. The van der Waals surface area contributed by atoms with E-state index >= 15 is 0 Å². The predicted octanol–water partition coefficient (Wildman–Crippen LogP) is 3.96. The Bertz CT molecular complexity index is 908. The van der Waals surface area contributed by atoms with Gasteiger partial charge in [-0.05, 0) is 42.9 Å². The molecule has 128 valence electrons. The highest BCUT2D eigenvalue weighted by Gasteiger charge is 2.23. The fraction of sp³-hybridized carbons (Fsp3) is 0.278. The number of nitrogens with one attached hydrogen (secondary N) is 3. The van der Waals surface area contributed by atoms with Gasteiger partial charge in [-0.3, -0.25) is 10.9 Å². The number of urea groups is 1. The van der Waals surface area contributed by atoms with Crippen molar-refractivity contribution in [3.8, 4) is 0 Å². The molecule has 1 atom stereocenters. The van der Waals surface area contributed by atoms with Gasteiger partial charge in [0.2, 0.25) is 0 Å². The lowest BCUT2D eigenvalue weighted by Crippen LogP contribution is -2.34. The molecule has 3 N–H and O–H groups in total. The largest absolute Gasteiger partial charge is 0.337 e. The van der Waals surface area contributed by atoms with E-state index in [0.29, 0.717) is 11.7 Å². The second-order valence-corrected chi connectivity index (χ2v) is 7.41. The minimum absolute atomic E-state index is 0.337. The Morgan fingerprint density at radius 1 is 1.24 bits per heavy atom. The molecular formula is C18H19N5OS. The van der Waals surface area contributed by atoms with Crippen molar-refractivity contribution in [1.82, 2.24) is 15.4 Å². The normalized spacial score (nSPS) is 16.3. The summed E-state index contributed by atoms with van der Waals surface area (Å²) in [5, 5.41) is 3.81. The van der Waals surface area contributed by atoms with Crippen molar-refractivity contribution in [1.29, 1.82) is 0 Å². The number of benzene rings is 1. The first-order valence-corrected chi connectivity index (χ1v) is 9.15. The number of carbonyl (C=O) groups is 1. The number of anilines is 2. The number of hydrazine groups is 1. The number of nitrogens with zero attached hydrogens (tertiary/aromatic N) is 2. The third-order valence-corrected chi connectivity index (χ3v) is 5.58. The van der Waals surface area contributed by atoms with Gasteiger partial charge in [-0.25, -0.2) is 14.8 Å². The molecule has 6 nitrogen and oxygen atoms in total. The lowest BCUT2D eigenvalue weighted by molar-refractivity contribution is 0.254. The molecule has 0 fully saturated rings. The molecule has 1 aromatic carbocycles. The van der Waals surface area contributed by atoms with Crippen LogP contribution in [0.4, 0.5) is 16.3 Å². The van der Waals surface area contributed by atoms with E-state index in [1.807, 2.05) is 30.3 Å². The molecule has 0 saturated carbocycles. The van der Waals surface area contributed by atoms with Crippen molar-refractivity contribution in [2.45, 2.75) is 26.2 Å². The second kappa shape index (κ2) is 6.68. The molecule has 2 aromatic heterocycles. The molecule has 4 rings (SSSR count). The Morgan fingerprint density at radius 2 is 2.08 bits per heavy atom. The maximum Gasteiger partial charge on any atom is 0.337 e. The fourth-order valence-corrected chi connectivity index (χ4v) is 4.52. The minimum atomic E-state index is -0.337. The second-order valence-electron chi connectivity index (χ2n) is 6.32. The van der Waals surface area contributed by atoms with Crippen LogP contribution in [0.25, 0.3) is 10.2 Å². The highest BCUT2D eigenvalue weighted by molar-refractivity contribution is 7.19. The Kier molecular flexibility index (Phi) is 4.23. The number of thiophene rings is 1. The van der Waals surface area contributed by atoms with E-state index in [4.69, 9.17) is 0 Å². The van der Waals surface area contributed by atoms with Crippen molar-refractivity contribution < 1.29 is 4.79 Å². The van der Waals surface area contributed by atoms with Crippen LogP contribution in [0.1, 0.15) is 23.8 Å². The number of carbonyl (C=O) groups excluding carboxylic acids is 1. The van der Waals surface area contributed by atoms with Gasteiger partial charge in [-0.15, -0.1) is 11.3 Å². The molecule has 1 aliphatic rings. The number of amides is 2. The van der Waals surface area contributed by atoms with Gasteiger partial charge in [0.25, 0.3) is 0 Å². The molecule has 1 unspecified atom stereocenters. The summed E-state index contributed by atoms with van der Waals surface area (Å²) in [6.45, 7) is 2.29. The van der Waals surface area contributed by atoms with Gasteiger partial charge < -0.3 is 5.32 Å². The van der Waals surface area contributed by atoms with Crippen LogP contribution in [-0.4, -0.2) is 16.0 Å². The number of hydrogen-bond acceptors (Lipinski definition) is 5. The zero-order chi connectivity index (χ0) is 17.2. The van der Waals surface area contributed by atoms with E-state index in [1.54, 1.807) is 11.3 Å². The lowest BCUT2D eigenvalue weighted by Gasteiger charge is -2.18. The highest BCUT2D eigenvalue weighted by Crippen LogP contribution is 2.39. The average molecular weight is 353 g/mol. The van der Waals surface area contributed by atoms with Crippen LogP contribution in [0.2, 0.25) is 0 Å². The molecule has 25 heavy (non-hydrogen) atoms. The van der Waals surface area contributed by atoms with E-state index in [-0.39, 0.29) is 6.03 Å². The number of aryl methyl sites for hydroxylation is 1. The number of rotatable bonds is 3. The Labute approximate surface area is 149 Å². The van der Waals surface area contributed by atoms with E-state index in [0.717, 1.165) is 28.7 Å². The summed E-state index contributed by atoms with van der Waals surface area (Å²) in [5.41, 5.74) is 7.67. The molecule has 3 aromatic rings. The summed E-state index contributed by atoms with van der Waals surface area (Å²) in [6.07, 6.45) is 4.84. The van der Waals surface area contributed by atoms with Gasteiger partial charge in [0.1, 0.15) is 11.2 Å². The first-order chi connectivity index (χ1) is 12.2. The zero-order valence-electron chi connectivity index (χ0n) is 13.9. The molecule has 0 saturated heterocycles. The van der Waals surface area contributed by atoms with Gasteiger partial charge in [-0.2, -0.15) is 0 Å². The van der Waals surface area contributed by atoms with Gasteiger partial charge in [0.15, 0.2) is 5.82 Å². The molecule has 0 spiro atoms. The molecule has 0 bridgehead atoms. The van der Waals surface area contributed by atoms with Crippen LogP contribution in [0.3, 0.4) is 0 Å². The summed E-state index contributed by atoms with van der Waals surface area (Å²) in [7, 11) is 0. The summed E-state index contributed by atoms with van der Waals surface area (Å²) < 4.78 is 0. The van der Waals surface area contributed by atoms with Crippen LogP contribution >= 0.6 is 11.3 Å². The van der Waals surface area contributed by atoms with Gasteiger partial charge in [0, 0.05) is 10.6 Å². The number of fused-ring (bicyclic) bond motifs is 3. The number of hydrogen-bond donors (Lipinski definition) is 3. The first kappa shape index (κ1) is 15.8. The van der Waals surface area contributed by atoms with Crippen LogP contribution in [0, 0.1) is 5.92 Å². The van der Waals surface area contributed by atoms with Crippen LogP contribution < -0.4 is 16.2 Å². The molecule has 0 aliphatic heterocycles. The molecule has 7 heteroatoms. The van der Waals surface area contributed by atoms with Gasteiger partial charge in [-0.1, -0.05) is 25.1 Å². The lowest BCUT2D eigenvalue weighted by atomic mass is 9.89. The third kappa shape index (κ3) is 3.28. The Morgan fingerprint density at radius 3 is 2.92 bits per heavy atom. The van der Waals surface area contributed by atoms with Crippen LogP contribution in [-0.2, 0) is 12.8 Å². The smallest absolute Gasteiger partial charge is 0.307 e. The Hall–Kier alpha value is -2.67. The van der Waals surface area contributed by atoms with Crippen LogP contribution in [0.5, 0.6) is 0 Å². The maximum atomic E-state index is 12.1. The fourth-order valence-electron chi connectivity index (χ4n) is 3.17. The molecule has 2 heterocycles. The monoisotopic (exact) mass is 353 g/mol. The predicted molar refractivity (Wildman–Crippen MR) is 101 cm³/mol. The topological polar surface area (TPSA) is 78.9 Å². The van der Waals surface area contributed by atoms with Crippen molar-refractivity contribution in [2.75, 3.05) is 10.7 Å². The van der Waals surface area contributed by atoms with Crippen molar-refractivity contribution >= 4 is 39.1 Å². The molecule has 2 amide bonds. The average Bonchev–Trinajstić information content (AvgIpc) is 2.98. The molecule has 1 aliphatic carbocycles. The standard InChI is InChI=1S/C18H19N5OS/c1-11-7-8-13-14(9-11)25-17-15(13)16(19-10-20-17)22-23-18(24)21-12-5-3-2-4-6-12/h2-6,10-11H,7-9H2,1H3,(H,19,20,22)(H2,21,23,24). The van der Waals surface area contributed by atoms with E-state index in [9.17, 15) is 4.79 Å². The number of aromatic nitrogens is 2. The van der Waals surface area contributed by atoms with E-state index < -0.39 is 0 Å². The van der Waals surface area contributed by atoms with E-state index in [2.05, 4.69) is 33.1 Å². The van der Waals surface area contributed by atoms with Gasteiger partial charge in [0.05, 0.1) is 5.39 Å². The van der Waals surface area contributed by atoms with Crippen molar-refractivity contribution in [3.05, 3.63) is 47.1 Å². The summed E-state index contributed by atoms with van der Waals surface area (Å²) in [4.78, 5) is 23.2. The summed E-state index contributed by atoms with van der Waals surface area (Å²) in [6, 6.07) is 8.97. The summed E-state index contributed by atoms with van der Waals surface area (Å²) >= 11 is 1.74.